The summed E-state index contributed by atoms with van der Waals surface area (Å²) in [5.41, 5.74) is 6.95. The van der Waals surface area contributed by atoms with Crippen LogP contribution in [-0.4, -0.2) is 12.5 Å². The molecule has 0 aliphatic carbocycles. The summed E-state index contributed by atoms with van der Waals surface area (Å²) in [4.78, 5) is 12.3. The van der Waals surface area contributed by atoms with Crippen LogP contribution in [0.1, 0.15) is 52.1 Å². The number of carbonyl (C=O) groups is 1. The molecule has 0 aromatic heterocycles. The van der Waals surface area contributed by atoms with Gasteiger partial charge in [-0.15, -0.1) is 0 Å². The van der Waals surface area contributed by atoms with Crippen LogP contribution in [0.5, 0.6) is 0 Å². The molecule has 1 amide bonds. The number of hydrogen-bond donors (Lipinski definition) is 2. The highest BCUT2D eigenvalue weighted by atomic mass is 16.1. The number of rotatable bonds is 8. The van der Waals surface area contributed by atoms with E-state index in [1.807, 2.05) is 18.2 Å². The van der Waals surface area contributed by atoms with Crippen LogP contribution in [0, 0.1) is 17.8 Å². The normalized spacial score (nSPS) is 14.2. The van der Waals surface area contributed by atoms with Gasteiger partial charge in [0.2, 0.25) is 5.91 Å². The molecule has 0 bridgehead atoms. The largest absolute Gasteiger partial charge is 0.349 e. The molecule has 0 fully saturated rings. The zero-order chi connectivity index (χ0) is 15.8. The predicted octanol–water partition coefficient (Wildman–Crippen LogP) is 3.51. The Kier molecular flexibility index (Phi) is 7.44. The summed E-state index contributed by atoms with van der Waals surface area (Å²) in [6.07, 6.45) is 1.52. The molecule has 2 atom stereocenters. The van der Waals surface area contributed by atoms with E-state index in [2.05, 4.69) is 45.1 Å². The summed E-state index contributed by atoms with van der Waals surface area (Å²) < 4.78 is 0. The predicted molar refractivity (Wildman–Crippen MR) is 88.8 cm³/mol. The summed E-state index contributed by atoms with van der Waals surface area (Å²) >= 11 is 0. The van der Waals surface area contributed by atoms with Gasteiger partial charge in [0.25, 0.3) is 0 Å². The SMILES string of the molecule is CC(C)CC(CN)CC(=O)NC(c1ccccc1)C(C)C. The highest BCUT2D eigenvalue weighted by Gasteiger charge is 2.20. The fraction of sp³-hybridized carbons (Fsp3) is 0.611. The van der Waals surface area contributed by atoms with Crippen molar-refractivity contribution in [1.29, 1.82) is 0 Å². The van der Waals surface area contributed by atoms with Gasteiger partial charge in [0.1, 0.15) is 0 Å². The number of nitrogens with two attached hydrogens (primary N) is 1. The van der Waals surface area contributed by atoms with Gasteiger partial charge in [0, 0.05) is 6.42 Å². The van der Waals surface area contributed by atoms with Gasteiger partial charge in [-0.1, -0.05) is 58.0 Å². The van der Waals surface area contributed by atoms with E-state index in [-0.39, 0.29) is 17.9 Å². The Bertz CT molecular complexity index is 414. The van der Waals surface area contributed by atoms with E-state index in [9.17, 15) is 4.79 Å². The Balaban J connectivity index is 2.65. The second kappa shape index (κ2) is 8.83. The van der Waals surface area contributed by atoms with Crippen molar-refractivity contribution in [2.75, 3.05) is 6.54 Å². The summed E-state index contributed by atoms with van der Waals surface area (Å²) in [5.74, 6) is 1.31. The molecule has 3 heteroatoms. The van der Waals surface area contributed by atoms with E-state index >= 15 is 0 Å². The molecule has 0 aliphatic heterocycles. The maximum Gasteiger partial charge on any atom is 0.220 e. The lowest BCUT2D eigenvalue weighted by Gasteiger charge is -2.24. The summed E-state index contributed by atoms with van der Waals surface area (Å²) in [7, 11) is 0. The Hall–Kier alpha value is -1.35. The highest BCUT2D eigenvalue weighted by molar-refractivity contribution is 5.76. The van der Waals surface area contributed by atoms with Crippen LogP contribution in [0.15, 0.2) is 30.3 Å². The molecule has 0 radical (unpaired) electrons. The molecular weight excluding hydrogens is 260 g/mol. The lowest BCUT2D eigenvalue weighted by atomic mass is 9.92. The van der Waals surface area contributed by atoms with E-state index in [1.54, 1.807) is 0 Å². The Labute approximate surface area is 129 Å². The van der Waals surface area contributed by atoms with Crippen molar-refractivity contribution < 1.29 is 4.79 Å². The quantitative estimate of drug-likeness (QED) is 0.769. The Morgan fingerprint density at radius 2 is 1.76 bits per heavy atom. The third-order valence-electron chi connectivity index (χ3n) is 3.75. The fourth-order valence-electron chi connectivity index (χ4n) is 2.72. The molecule has 2 unspecified atom stereocenters. The fourth-order valence-corrected chi connectivity index (χ4v) is 2.72. The van der Waals surface area contributed by atoms with Crippen molar-refractivity contribution in [2.45, 2.75) is 46.6 Å². The maximum atomic E-state index is 12.3. The maximum absolute atomic E-state index is 12.3. The van der Waals surface area contributed by atoms with E-state index in [0.717, 1.165) is 12.0 Å². The van der Waals surface area contributed by atoms with Gasteiger partial charge in [-0.25, -0.2) is 0 Å². The van der Waals surface area contributed by atoms with Crippen molar-refractivity contribution >= 4 is 5.91 Å². The molecule has 3 nitrogen and oxygen atoms in total. The number of amides is 1. The summed E-state index contributed by atoms with van der Waals surface area (Å²) in [6.45, 7) is 9.17. The van der Waals surface area contributed by atoms with Crippen LogP contribution in [0.25, 0.3) is 0 Å². The molecule has 0 heterocycles. The molecule has 0 aliphatic rings. The Morgan fingerprint density at radius 1 is 1.14 bits per heavy atom. The number of carbonyl (C=O) groups excluding carboxylic acids is 1. The summed E-state index contributed by atoms with van der Waals surface area (Å²) in [5, 5.41) is 3.18. The first kappa shape index (κ1) is 17.7. The lowest BCUT2D eigenvalue weighted by molar-refractivity contribution is -0.123. The first-order chi connectivity index (χ1) is 9.93. The standard InChI is InChI=1S/C18H30N2O/c1-13(2)10-15(12-19)11-17(21)20-18(14(3)4)16-8-6-5-7-9-16/h5-9,13-15,18H,10-12,19H2,1-4H3,(H,20,21). The number of nitrogens with one attached hydrogen (secondary N) is 1. The minimum absolute atomic E-state index is 0.0659. The van der Waals surface area contributed by atoms with Crippen LogP contribution in [0.4, 0.5) is 0 Å². The van der Waals surface area contributed by atoms with Gasteiger partial charge < -0.3 is 11.1 Å². The van der Waals surface area contributed by atoms with Crippen molar-refractivity contribution in [2.24, 2.45) is 23.5 Å². The van der Waals surface area contributed by atoms with Crippen LogP contribution in [0.2, 0.25) is 0 Å². The van der Waals surface area contributed by atoms with Crippen molar-refractivity contribution in [3.63, 3.8) is 0 Å². The third kappa shape index (κ3) is 6.30. The molecule has 21 heavy (non-hydrogen) atoms. The smallest absolute Gasteiger partial charge is 0.220 e. The second-order valence-electron chi connectivity index (χ2n) is 6.64. The summed E-state index contributed by atoms with van der Waals surface area (Å²) in [6, 6.07) is 10.2. The first-order valence-electron chi connectivity index (χ1n) is 7.98. The van der Waals surface area contributed by atoms with Gasteiger partial charge in [0.05, 0.1) is 6.04 Å². The van der Waals surface area contributed by atoms with E-state index < -0.39 is 0 Å². The first-order valence-corrected chi connectivity index (χ1v) is 7.98. The van der Waals surface area contributed by atoms with E-state index in [1.165, 1.54) is 0 Å². The molecule has 1 aromatic carbocycles. The van der Waals surface area contributed by atoms with Crippen molar-refractivity contribution in [1.82, 2.24) is 5.32 Å². The molecule has 0 saturated heterocycles. The van der Waals surface area contributed by atoms with Gasteiger partial charge in [0.15, 0.2) is 0 Å². The van der Waals surface area contributed by atoms with Gasteiger partial charge in [-0.2, -0.15) is 0 Å². The molecule has 118 valence electrons. The molecule has 0 saturated carbocycles. The molecule has 1 rings (SSSR count). The zero-order valence-corrected chi connectivity index (χ0v) is 13.8. The monoisotopic (exact) mass is 290 g/mol. The van der Waals surface area contributed by atoms with Crippen LogP contribution >= 0.6 is 0 Å². The van der Waals surface area contributed by atoms with Crippen molar-refractivity contribution in [3.05, 3.63) is 35.9 Å². The minimum atomic E-state index is 0.0659. The zero-order valence-electron chi connectivity index (χ0n) is 13.8. The van der Waals surface area contributed by atoms with E-state index in [4.69, 9.17) is 5.73 Å². The molecule has 3 N–H and O–H groups in total. The van der Waals surface area contributed by atoms with Crippen LogP contribution in [-0.2, 0) is 4.79 Å². The molecular formula is C18H30N2O. The number of benzene rings is 1. The van der Waals surface area contributed by atoms with Crippen molar-refractivity contribution in [3.8, 4) is 0 Å². The third-order valence-corrected chi connectivity index (χ3v) is 3.75. The number of hydrogen-bond acceptors (Lipinski definition) is 2. The second-order valence-corrected chi connectivity index (χ2v) is 6.64. The average Bonchev–Trinajstić information content (AvgIpc) is 2.44. The lowest BCUT2D eigenvalue weighted by Crippen LogP contribution is -2.34. The van der Waals surface area contributed by atoms with Gasteiger partial charge >= 0.3 is 0 Å². The average molecular weight is 290 g/mol. The molecule has 1 aromatic rings. The van der Waals surface area contributed by atoms with E-state index in [0.29, 0.717) is 24.8 Å². The van der Waals surface area contributed by atoms with Gasteiger partial charge in [-0.3, -0.25) is 4.79 Å². The van der Waals surface area contributed by atoms with Crippen LogP contribution in [0.3, 0.4) is 0 Å². The highest BCUT2D eigenvalue weighted by Crippen LogP contribution is 2.22. The minimum Gasteiger partial charge on any atom is -0.349 e. The van der Waals surface area contributed by atoms with Crippen LogP contribution < -0.4 is 11.1 Å². The van der Waals surface area contributed by atoms with Gasteiger partial charge in [-0.05, 0) is 36.3 Å². The Morgan fingerprint density at radius 3 is 2.24 bits per heavy atom. The molecule has 0 spiro atoms. The topological polar surface area (TPSA) is 55.1 Å².